The molecule has 1 heterocycles. The van der Waals surface area contributed by atoms with Gasteiger partial charge in [0.25, 0.3) is 0 Å². The Balaban J connectivity index is 2.07. The number of hydrogen-bond acceptors (Lipinski definition) is 4. The zero-order chi connectivity index (χ0) is 13.0. The number of pyridine rings is 1. The van der Waals surface area contributed by atoms with Gasteiger partial charge in [0.05, 0.1) is 5.69 Å². The monoisotopic (exact) mass is 243 g/mol. The van der Waals surface area contributed by atoms with Crippen LogP contribution in [0.2, 0.25) is 0 Å². The lowest BCUT2D eigenvalue weighted by molar-refractivity contribution is 0.304. The van der Waals surface area contributed by atoms with E-state index in [1.807, 2.05) is 6.07 Å². The van der Waals surface area contributed by atoms with Crippen molar-refractivity contribution in [2.75, 3.05) is 5.73 Å². The van der Waals surface area contributed by atoms with Crippen molar-refractivity contribution in [2.45, 2.75) is 6.61 Å². The van der Waals surface area contributed by atoms with E-state index in [1.165, 1.54) is 18.3 Å². The molecule has 4 nitrogen and oxygen atoms in total. The van der Waals surface area contributed by atoms with Gasteiger partial charge in [0.1, 0.15) is 29.9 Å². The van der Waals surface area contributed by atoms with Crippen LogP contribution in [0.25, 0.3) is 0 Å². The molecule has 0 saturated carbocycles. The summed E-state index contributed by atoms with van der Waals surface area (Å²) in [7, 11) is 0. The average Bonchev–Trinajstić information content (AvgIpc) is 2.40. The summed E-state index contributed by atoms with van der Waals surface area (Å²) in [6, 6.07) is 9.54. The summed E-state index contributed by atoms with van der Waals surface area (Å²) < 4.78 is 18.6. The minimum atomic E-state index is -0.514. The number of ether oxygens (including phenoxy) is 1. The molecule has 0 atom stereocenters. The van der Waals surface area contributed by atoms with Gasteiger partial charge in [-0.15, -0.1) is 0 Å². The molecule has 18 heavy (non-hydrogen) atoms. The fraction of sp³-hybridized carbons (Fsp3) is 0.0769. The molecule has 1 aromatic heterocycles. The van der Waals surface area contributed by atoms with Gasteiger partial charge < -0.3 is 10.5 Å². The second-order valence-electron chi connectivity index (χ2n) is 3.63. The Morgan fingerprint density at radius 2 is 2.17 bits per heavy atom. The van der Waals surface area contributed by atoms with E-state index in [2.05, 4.69) is 4.98 Å². The lowest BCUT2D eigenvalue weighted by Crippen LogP contribution is -1.98. The van der Waals surface area contributed by atoms with Crippen molar-refractivity contribution in [2.24, 2.45) is 0 Å². The number of nitrogens with zero attached hydrogens (tertiary/aromatic N) is 2. The van der Waals surface area contributed by atoms with Crippen molar-refractivity contribution in [1.29, 1.82) is 5.26 Å². The standard InChI is InChI=1S/C13H10FN3O/c14-12-6-11(1-2-13(12)16)18-8-9-3-4-17-10(5-9)7-15/h1-6H,8,16H2. The average molecular weight is 243 g/mol. The first-order valence-corrected chi connectivity index (χ1v) is 5.22. The highest BCUT2D eigenvalue weighted by Gasteiger charge is 2.02. The molecule has 0 spiro atoms. The van der Waals surface area contributed by atoms with Gasteiger partial charge in [0.2, 0.25) is 0 Å². The number of benzene rings is 1. The third-order valence-corrected chi connectivity index (χ3v) is 2.32. The highest BCUT2D eigenvalue weighted by atomic mass is 19.1. The minimum absolute atomic E-state index is 0.0815. The van der Waals surface area contributed by atoms with Crippen molar-refractivity contribution >= 4 is 5.69 Å². The molecule has 0 aliphatic heterocycles. The Bertz CT molecular complexity index is 607. The Labute approximate surface area is 103 Å². The van der Waals surface area contributed by atoms with E-state index >= 15 is 0 Å². The van der Waals surface area contributed by atoms with Crippen LogP contribution in [-0.2, 0) is 6.61 Å². The van der Waals surface area contributed by atoms with Gasteiger partial charge in [0.15, 0.2) is 0 Å². The third-order valence-electron chi connectivity index (χ3n) is 2.32. The van der Waals surface area contributed by atoms with Crippen molar-refractivity contribution in [3.05, 3.63) is 53.6 Å². The van der Waals surface area contributed by atoms with E-state index in [0.29, 0.717) is 11.4 Å². The van der Waals surface area contributed by atoms with Crippen LogP contribution in [0, 0.1) is 17.1 Å². The van der Waals surface area contributed by atoms with E-state index in [4.69, 9.17) is 15.7 Å². The van der Waals surface area contributed by atoms with Crippen molar-refractivity contribution in [3.8, 4) is 11.8 Å². The van der Waals surface area contributed by atoms with Crippen LogP contribution in [0.3, 0.4) is 0 Å². The summed E-state index contributed by atoms with van der Waals surface area (Å²) in [4.78, 5) is 3.85. The van der Waals surface area contributed by atoms with Crippen LogP contribution < -0.4 is 10.5 Å². The van der Waals surface area contributed by atoms with Gasteiger partial charge in [-0.05, 0) is 29.8 Å². The first-order valence-electron chi connectivity index (χ1n) is 5.22. The maximum Gasteiger partial charge on any atom is 0.149 e. The molecule has 5 heteroatoms. The Morgan fingerprint density at radius 1 is 1.33 bits per heavy atom. The highest BCUT2D eigenvalue weighted by molar-refractivity contribution is 5.43. The van der Waals surface area contributed by atoms with Gasteiger partial charge in [-0.2, -0.15) is 5.26 Å². The number of nitrogen functional groups attached to an aromatic ring is 1. The zero-order valence-corrected chi connectivity index (χ0v) is 9.43. The quantitative estimate of drug-likeness (QED) is 0.839. The number of anilines is 1. The van der Waals surface area contributed by atoms with Crippen LogP contribution in [-0.4, -0.2) is 4.98 Å². The number of hydrogen-bond donors (Lipinski definition) is 1. The molecular weight excluding hydrogens is 233 g/mol. The maximum absolute atomic E-state index is 13.2. The van der Waals surface area contributed by atoms with Crippen LogP contribution in [0.1, 0.15) is 11.3 Å². The van der Waals surface area contributed by atoms with Gasteiger partial charge in [-0.1, -0.05) is 0 Å². The van der Waals surface area contributed by atoms with Crippen LogP contribution in [0.15, 0.2) is 36.5 Å². The molecule has 0 radical (unpaired) electrons. The SMILES string of the molecule is N#Cc1cc(COc2ccc(N)c(F)c2)ccn1. The fourth-order valence-electron chi connectivity index (χ4n) is 1.39. The van der Waals surface area contributed by atoms with Gasteiger partial charge in [-0.3, -0.25) is 0 Å². The second kappa shape index (κ2) is 5.15. The molecule has 0 unspecified atom stereocenters. The third kappa shape index (κ3) is 2.74. The summed E-state index contributed by atoms with van der Waals surface area (Å²) in [5.41, 5.74) is 6.55. The molecule has 0 amide bonds. The minimum Gasteiger partial charge on any atom is -0.489 e. The molecule has 2 rings (SSSR count). The normalized spacial score (nSPS) is 9.78. The topological polar surface area (TPSA) is 71.9 Å². The van der Waals surface area contributed by atoms with Crippen molar-refractivity contribution in [3.63, 3.8) is 0 Å². The van der Waals surface area contributed by atoms with Gasteiger partial charge in [0, 0.05) is 12.3 Å². The molecule has 0 saturated heterocycles. The van der Waals surface area contributed by atoms with Crippen molar-refractivity contribution < 1.29 is 9.13 Å². The Hall–Kier alpha value is -2.61. The molecule has 2 aromatic rings. The Kier molecular flexibility index (Phi) is 3.39. The smallest absolute Gasteiger partial charge is 0.149 e. The van der Waals surface area contributed by atoms with E-state index in [9.17, 15) is 4.39 Å². The Morgan fingerprint density at radius 3 is 2.89 bits per heavy atom. The van der Waals surface area contributed by atoms with Crippen LogP contribution in [0.5, 0.6) is 5.75 Å². The molecule has 0 bridgehead atoms. The summed E-state index contributed by atoms with van der Waals surface area (Å²) >= 11 is 0. The number of halogens is 1. The van der Waals surface area contributed by atoms with E-state index < -0.39 is 5.82 Å². The largest absolute Gasteiger partial charge is 0.489 e. The van der Waals surface area contributed by atoms with Gasteiger partial charge >= 0.3 is 0 Å². The molecule has 0 aliphatic rings. The predicted octanol–water partition coefficient (Wildman–Crippen LogP) is 2.25. The van der Waals surface area contributed by atoms with Crippen molar-refractivity contribution in [1.82, 2.24) is 4.98 Å². The van der Waals surface area contributed by atoms with Crippen LogP contribution >= 0.6 is 0 Å². The summed E-state index contributed by atoms with van der Waals surface area (Å²) in [5.74, 6) is -0.128. The van der Waals surface area contributed by atoms with Crippen LogP contribution in [0.4, 0.5) is 10.1 Å². The molecular formula is C13H10FN3O. The number of aromatic nitrogens is 1. The predicted molar refractivity (Wildman–Crippen MR) is 64.1 cm³/mol. The van der Waals surface area contributed by atoms with E-state index in [-0.39, 0.29) is 12.3 Å². The molecule has 2 N–H and O–H groups in total. The second-order valence-corrected chi connectivity index (χ2v) is 3.63. The van der Waals surface area contributed by atoms with Gasteiger partial charge in [-0.25, -0.2) is 9.37 Å². The summed E-state index contributed by atoms with van der Waals surface area (Å²) in [6.45, 7) is 0.237. The first kappa shape index (κ1) is 11.9. The number of nitriles is 1. The molecule has 0 fully saturated rings. The highest BCUT2D eigenvalue weighted by Crippen LogP contribution is 2.19. The lowest BCUT2D eigenvalue weighted by Gasteiger charge is -2.07. The lowest BCUT2D eigenvalue weighted by atomic mass is 10.2. The fourth-order valence-corrected chi connectivity index (χ4v) is 1.39. The summed E-state index contributed by atoms with van der Waals surface area (Å²) in [5, 5.41) is 8.70. The zero-order valence-electron chi connectivity index (χ0n) is 9.43. The van der Waals surface area contributed by atoms with E-state index in [1.54, 1.807) is 18.2 Å². The maximum atomic E-state index is 13.2. The number of rotatable bonds is 3. The van der Waals surface area contributed by atoms with E-state index in [0.717, 1.165) is 5.56 Å². The molecule has 1 aromatic carbocycles. The molecule has 90 valence electrons. The number of nitrogens with two attached hydrogens (primary N) is 1. The summed E-state index contributed by atoms with van der Waals surface area (Å²) in [6.07, 6.45) is 1.53. The first-order chi connectivity index (χ1) is 8.69. The molecule has 0 aliphatic carbocycles.